The molecule has 1 N–H and O–H groups in total. The molecule has 10 heteroatoms. The molecule has 24 heavy (non-hydrogen) atoms. The van der Waals surface area contributed by atoms with Gasteiger partial charge >= 0.3 is 7.25 Å². The molecule has 0 bridgehead atoms. The zero-order valence-corrected chi connectivity index (χ0v) is 14.2. The van der Waals surface area contributed by atoms with Crippen molar-refractivity contribution in [2.45, 2.75) is 20.4 Å². The molecule has 0 unspecified atom stereocenters. The van der Waals surface area contributed by atoms with Crippen molar-refractivity contribution in [3.8, 4) is 11.5 Å². The quantitative estimate of drug-likeness (QED) is 0.508. The predicted octanol–water partition coefficient (Wildman–Crippen LogP) is 3.94. The van der Waals surface area contributed by atoms with Crippen LogP contribution < -0.4 is 9.42 Å². The Balaban J connectivity index is 0.000000505. The first-order valence-electron chi connectivity index (χ1n) is 6.94. The van der Waals surface area contributed by atoms with Crippen LogP contribution in [0.4, 0.5) is 17.3 Å². The van der Waals surface area contributed by atoms with Crippen molar-refractivity contribution in [3.05, 3.63) is 33.8 Å². The number of methoxy groups -OCH3 is 1. The highest BCUT2D eigenvalue weighted by molar-refractivity contribution is 7.11. The standard InChI is InChI=1S/C14H16N2O2S.BF4/c1-4-16-14(19-10(2)15-16)8-5-11-9-12(17)6-7-13(11)18-3;2-1(3,4)5/h5-9H,4H2,1-3H3;/q;-1/p+1. The van der Waals surface area contributed by atoms with Gasteiger partial charge in [0.2, 0.25) is 0 Å². The molecule has 0 aliphatic rings. The summed E-state index contributed by atoms with van der Waals surface area (Å²) >= 11 is 1.64. The van der Waals surface area contributed by atoms with Gasteiger partial charge in [-0.1, -0.05) is 4.68 Å². The Kier molecular flexibility index (Phi) is 7.21. The van der Waals surface area contributed by atoms with Crippen LogP contribution in [0.15, 0.2) is 18.2 Å². The molecule has 0 saturated carbocycles. The van der Waals surface area contributed by atoms with E-state index in [4.69, 9.17) is 4.74 Å². The first kappa shape index (κ1) is 20.0. The molecule has 2 rings (SSSR count). The molecule has 4 nitrogen and oxygen atoms in total. The number of ether oxygens (including phenoxy) is 1. The van der Waals surface area contributed by atoms with Gasteiger partial charge in [-0.05, 0) is 49.5 Å². The van der Waals surface area contributed by atoms with E-state index in [0.717, 1.165) is 27.9 Å². The van der Waals surface area contributed by atoms with Crippen molar-refractivity contribution in [2.75, 3.05) is 7.11 Å². The molecular weight excluding hydrogens is 347 g/mol. The number of phenolic OH excluding ortho intramolecular Hbond substituents is 1. The minimum absolute atomic E-state index is 0.226. The van der Waals surface area contributed by atoms with Gasteiger partial charge < -0.3 is 27.1 Å². The average Bonchev–Trinajstić information content (AvgIpc) is 2.83. The van der Waals surface area contributed by atoms with E-state index in [-0.39, 0.29) is 5.75 Å². The molecule has 2 aromatic rings. The summed E-state index contributed by atoms with van der Waals surface area (Å²) in [7, 11) is -4.38. The lowest BCUT2D eigenvalue weighted by molar-refractivity contribution is -0.747. The number of benzene rings is 1. The van der Waals surface area contributed by atoms with Crippen LogP contribution >= 0.6 is 11.3 Å². The van der Waals surface area contributed by atoms with Crippen LogP contribution in [0, 0.1) is 6.92 Å². The van der Waals surface area contributed by atoms with Gasteiger partial charge in [-0.15, -0.1) is 0 Å². The molecule has 0 aliphatic heterocycles. The number of rotatable bonds is 4. The molecule has 0 radical (unpaired) electrons. The van der Waals surface area contributed by atoms with E-state index in [2.05, 4.69) is 12.0 Å². The molecule has 0 amide bonds. The maximum Gasteiger partial charge on any atom is 0.673 e. The monoisotopic (exact) mass is 364 g/mol. The Hall–Kier alpha value is -2.10. The largest absolute Gasteiger partial charge is 0.673 e. The first-order valence-corrected chi connectivity index (χ1v) is 7.75. The van der Waals surface area contributed by atoms with Crippen molar-refractivity contribution in [1.82, 2.24) is 5.10 Å². The lowest BCUT2D eigenvalue weighted by Gasteiger charge is -2.04. The van der Waals surface area contributed by atoms with Gasteiger partial charge in [0.05, 0.1) is 7.11 Å². The van der Waals surface area contributed by atoms with Crippen LogP contribution in [0.2, 0.25) is 0 Å². The number of hydrogen-bond donors (Lipinski definition) is 1. The van der Waals surface area contributed by atoms with Gasteiger partial charge in [0.25, 0.3) is 5.01 Å². The third-order valence-electron chi connectivity index (χ3n) is 2.69. The summed E-state index contributed by atoms with van der Waals surface area (Å²) in [6.45, 7) is 4.88. The lowest BCUT2D eigenvalue weighted by atomic mass is 10.2. The van der Waals surface area contributed by atoms with E-state index >= 15 is 0 Å². The van der Waals surface area contributed by atoms with E-state index in [1.54, 1.807) is 36.6 Å². The van der Waals surface area contributed by atoms with Crippen LogP contribution in [0.5, 0.6) is 11.5 Å². The molecule has 1 heterocycles. The fourth-order valence-electron chi connectivity index (χ4n) is 1.80. The second-order valence-electron chi connectivity index (χ2n) is 4.53. The van der Waals surface area contributed by atoms with Crippen LogP contribution in [-0.4, -0.2) is 24.6 Å². The molecule has 0 atom stereocenters. The highest BCUT2D eigenvalue weighted by Gasteiger charge is 2.20. The second-order valence-corrected chi connectivity index (χ2v) is 5.74. The van der Waals surface area contributed by atoms with E-state index < -0.39 is 7.25 Å². The Morgan fingerprint density at radius 3 is 2.46 bits per heavy atom. The molecule has 0 fully saturated rings. The highest BCUT2D eigenvalue weighted by atomic mass is 32.1. The number of halogens is 4. The summed E-state index contributed by atoms with van der Waals surface area (Å²) in [5.74, 6) is 0.961. The van der Waals surface area contributed by atoms with Crippen molar-refractivity contribution in [1.29, 1.82) is 0 Å². The normalized spacial score (nSPS) is 11.3. The Morgan fingerprint density at radius 1 is 1.29 bits per heavy atom. The van der Waals surface area contributed by atoms with Gasteiger partial charge in [-0.2, -0.15) is 0 Å². The zero-order valence-electron chi connectivity index (χ0n) is 13.3. The summed E-state index contributed by atoms with van der Waals surface area (Å²) in [5, 5.41) is 16.0. The van der Waals surface area contributed by atoms with E-state index in [0.29, 0.717) is 0 Å². The van der Waals surface area contributed by atoms with Crippen LogP contribution in [0.3, 0.4) is 0 Å². The molecule has 0 aliphatic carbocycles. The SMILES string of the molecule is CC[n+]1nc(C)sc1C=Cc1cc(O)ccc1OC.F[B-](F)(F)F. The van der Waals surface area contributed by atoms with Gasteiger partial charge in [0, 0.05) is 16.7 Å². The highest BCUT2D eigenvalue weighted by Crippen LogP contribution is 2.25. The van der Waals surface area contributed by atoms with E-state index in [1.165, 1.54) is 0 Å². The van der Waals surface area contributed by atoms with Gasteiger partial charge in [-0.3, -0.25) is 0 Å². The summed E-state index contributed by atoms with van der Waals surface area (Å²) in [6.07, 6.45) is 3.92. The molecule has 0 spiro atoms. The minimum Gasteiger partial charge on any atom is -0.508 e. The molecule has 132 valence electrons. The van der Waals surface area contributed by atoms with E-state index in [9.17, 15) is 22.4 Å². The molecule has 1 aromatic carbocycles. The Labute approximate surface area is 141 Å². The molecule has 1 aromatic heterocycles. The number of aromatic nitrogens is 2. The Morgan fingerprint density at radius 2 is 1.92 bits per heavy atom. The summed E-state index contributed by atoms with van der Waals surface area (Å²) in [4.78, 5) is 0. The number of nitrogens with zero attached hydrogens (tertiary/aromatic N) is 2. The maximum absolute atomic E-state index is 9.75. The topological polar surface area (TPSA) is 46.2 Å². The zero-order chi connectivity index (χ0) is 18.3. The summed E-state index contributed by atoms with van der Waals surface area (Å²) in [6, 6.07) is 5.04. The number of aryl methyl sites for hydroxylation is 2. The van der Waals surface area contributed by atoms with E-state index in [1.807, 2.05) is 23.8 Å². The minimum atomic E-state index is -6.00. The third kappa shape index (κ3) is 6.99. The van der Waals surface area contributed by atoms with Gasteiger partial charge in [0.15, 0.2) is 11.6 Å². The van der Waals surface area contributed by atoms with Crippen molar-refractivity contribution in [2.24, 2.45) is 0 Å². The van der Waals surface area contributed by atoms with Crippen LogP contribution in [0.25, 0.3) is 12.2 Å². The second kappa shape index (κ2) is 8.67. The van der Waals surface area contributed by atoms with Crippen molar-refractivity contribution >= 4 is 30.7 Å². The third-order valence-corrected chi connectivity index (χ3v) is 3.62. The molecule has 0 saturated heterocycles. The number of phenols is 1. The van der Waals surface area contributed by atoms with Crippen LogP contribution in [0.1, 0.15) is 22.5 Å². The summed E-state index contributed by atoms with van der Waals surface area (Å²) in [5.41, 5.74) is 0.844. The fourth-order valence-corrected chi connectivity index (χ4v) is 2.66. The maximum atomic E-state index is 9.75. The average molecular weight is 364 g/mol. The Bertz CT molecular complexity index is 699. The predicted molar refractivity (Wildman–Crippen MR) is 86.5 cm³/mol. The van der Waals surface area contributed by atoms with Crippen molar-refractivity contribution < 1.29 is 31.8 Å². The number of aromatic hydroxyl groups is 1. The molecular formula is C14H17BF4N2O2S. The fraction of sp³-hybridized carbons (Fsp3) is 0.286. The van der Waals surface area contributed by atoms with Crippen molar-refractivity contribution in [3.63, 3.8) is 0 Å². The van der Waals surface area contributed by atoms with Gasteiger partial charge in [0.1, 0.15) is 11.5 Å². The number of hydrogen-bond acceptors (Lipinski definition) is 4. The smallest absolute Gasteiger partial charge is 0.508 e. The summed E-state index contributed by atoms with van der Waals surface area (Å²) < 4.78 is 46.2. The lowest BCUT2D eigenvalue weighted by Crippen LogP contribution is -2.36. The van der Waals surface area contributed by atoms with Gasteiger partial charge in [-0.25, -0.2) is 0 Å². The first-order chi connectivity index (χ1) is 11.1. The van der Waals surface area contributed by atoms with Crippen LogP contribution in [-0.2, 0) is 6.54 Å².